The molecule has 128 valence electrons. The van der Waals surface area contributed by atoms with Crippen molar-refractivity contribution in [2.75, 3.05) is 6.61 Å². The molecule has 0 aliphatic heterocycles. The Morgan fingerprint density at radius 3 is 2.74 bits per heavy atom. The summed E-state index contributed by atoms with van der Waals surface area (Å²) in [6.07, 6.45) is 5.80. The second kappa shape index (κ2) is 4.70. The molecule has 4 rings (SSSR count). The minimum Gasteiger partial charge on any atom is -0.396 e. The smallest absolute Gasteiger partial charge is 0.140 e. The number of ketones is 1. The minimum atomic E-state index is -0.397. The number of fused-ring (bicyclic) bond motifs is 3. The van der Waals surface area contributed by atoms with Crippen LogP contribution in [0, 0.1) is 34.0 Å². The summed E-state index contributed by atoms with van der Waals surface area (Å²) in [6, 6.07) is 0. The van der Waals surface area contributed by atoms with Crippen LogP contribution >= 0.6 is 0 Å². The predicted octanol–water partition coefficient (Wildman–Crippen LogP) is 3.10. The fraction of sp³-hybridized carbons (Fsp3) is 0.850. The molecule has 4 aliphatic carbocycles. The van der Waals surface area contributed by atoms with E-state index >= 15 is 0 Å². The molecule has 0 unspecified atom stereocenters. The van der Waals surface area contributed by atoms with Gasteiger partial charge in [0.05, 0.1) is 6.10 Å². The summed E-state index contributed by atoms with van der Waals surface area (Å²) in [5, 5.41) is 21.0. The lowest BCUT2D eigenvalue weighted by Gasteiger charge is -2.64. The van der Waals surface area contributed by atoms with Crippen LogP contribution in [0.3, 0.4) is 0 Å². The summed E-state index contributed by atoms with van der Waals surface area (Å²) in [6.45, 7) is 8.81. The van der Waals surface area contributed by atoms with Crippen molar-refractivity contribution in [1.82, 2.24) is 0 Å². The number of hydrogen-bond acceptors (Lipinski definition) is 3. The van der Waals surface area contributed by atoms with Crippen molar-refractivity contribution < 1.29 is 15.0 Å². The van der Waals surface area contributed by atoms with Crippen molar-refractivity contribution in [1.29, 1.82) is 0 Å². The fourth-order valence-electron chi connectivity index (χ4n) is 7.39. The van der Waals surface area contributed by atoms with Gasteiger partial charge < -0.3 is 10.2 Å². The van der Waals surface area contributed by atoms with E-state index in [1.165, 1.54) is 5.57 Å². The Morgan fingerprint density at radius 1 is 1.30 bits per heavy atom. The molecule has 0 radical (unpaired) electrons. The molecule has 0 saturated heterocycles. The van der Waals surface area contributed by atoms with Crippen molar-refractivity contribution in [2.24, 2.45) is 34.0 Å². The quantitative estimate of drug-likeness (QED) is 0.731. The van der Waals surface area contributed by atoms with Crippen LogP contribution in [0.5, 0.6) is 0 Å². The Morgan fingerprint density at radius 2 is 2.04 bits per heavy atom. The van der Waals surface area contributed by atoms with Crippen LogP contribution < -0.4 is 0 Å². The van der Waals surface area contributed by atoms with Crippen LogP contribution in [0.25, 0.3) is 0 Å². The number of allylic oxidation sites excluding steroid dienone is 1. The van der Waals surface area contributed by atoms with Gasteiger partial charge in [-0.05, 0) is 54.8 Å². The van der Waals surface area contributed by atoms with Gasteiger partial charge in [0.1, 0.15) is 5.78 Å². The van der Waals surface area contributed by atoms with E-state index in [1.54, 1.807) is 0 Å². The fourth-order valence-corrected chi connectivity index (χ4v) is 7.39. The first kappa shape index (κ1) is 15.8. The van der Waals surface area contributed by atoms with E-state index in [2.05, 4.69) is 20.4 Å². The zero-order valence-corrected chi connectivity index (χ0v) is 14.5. The summed E-state index contributed by atoms with van der Waals surface area (Å²) in [5.74, 6) is 0.909. The highest BCUT2D eigenvalue weighted by atomic mass is 16.3. The third kappa shape index (κ3) is 1.81. The molecule has 1 spiro atoms. The standard InChI is InChI=1S/C20H30O3/c1-12-9-20-10-13(12)7-14(22)17(20)19(3)6-4-5-18(2,11-21)15(19)8-16(20)23/h13-15,17,21-22H,1,4-11H2,2-3H3/t13-,14-,15-,17+,18-,19-,20-/m1/s1. The van der Waals surface area contributed by atoms with Crippen LogP contribution in [-0.2, 0) is 4.79 Å². The molecule has 3 nitrogen and oxygen atoms in total. The van der Waals surface area contributed by atoms with E-state index in [0.29, 0.717) is 18.1 Å². The molecule has 0 aromatic heterocycles. The monoisotopic (exact) mass is 318 g/mol. The summed E-state index contributed by atoms with van der Waals surface area (Å²) < 4.78 is 0. The Labute approximate surface area is 139 Å². The molecule has 23 heavy (non-hydrogen) atoms. The third-order valence-corrected chi connectivity index (χ3v) is 8.35. The second-order valence-electron chi connectivity index (χ2n) is 9.52. The van der Waals surface area contributed by atoms with Crippen LogP contribution in [0.2, 0.25) is 0 Å². The summed E-state index contributed by atoms with van der Waals surface area (Å²) in [5.41, 5.74) is 0.593. The zero-order chi connectivity index (χ0) is 16.6. The molecule has 2 N–H and O–H groups in total. The average Bonchev–Trinajstić information content (AvgIpc) is 2.74. The first-order chi connectivity index (χ1) is 10.8. The number of aliphatic hydroxyl groups is 2. The van der Waals surface area contributed by atoms with Gasteiger partial charge in [-0.2, -0.15) is 0 Å². The Kier molecular flexibility index (Phi) is 3.23. The lowest BCUT2D eigenvalue weighted by molar-refractivity contribution is -0.196. The molecule has 0 aromatic rings. The van der Waals surface area contributed by atoms with Gasteiger partial charge in [-0.1, -0.05) is 32.4 Å². The highest BCUT2D eigenvalue weighted by Gasteiger charge is 2.69. The number of Topliss-reactive ketones (excluding diaryl/α,β-unsaturated/α-hetero) is 1. The number of carbonyl (C=O) groups is 1. The molecule has 0 aromatic carbocycles. The van der Waals surface area contributed by atoms with Gasteiger partial charge in [0.2, 0.25) is 0 Å². The molecular formula is C20H30O3. The third-order valence-electron chi connectivity index (χ3n) is 8.35. The van der Waals surface area contributed by atoms with Crippen molar-refractivity contribution in [3.05, 3.63) is 12.2 Å². The molecule has 4 aliphatic rings. The largest absolute Gasteiger partial charge is 0.396 e. The van der Waals surface area contributed by atoms with Crippen LogP contribution in [-0.4, -0.2) is 28.7 Å². The Hall–Kier alpha value is -0.670. The van der Waals surface area contributed by atoms with Gasteiger partial charge in [0.15, 0.2) is 0 Å². The Bertz CT molecular complexity index is 569. The van der Waals surface area contributed by atoms with Gasteiger partial charge in [0.25, 0.3) is 0 Å². The van der Waals surface area contributed by atoms with Crippen molar-refractivity contribution in [3.8, 4) is 0 Å². The minimum absolute atomic E-state index is 0.0430. The first-order valence-electron chi connectivity index (χ1n) is 9.27. The predicted molar refractivity (Wildman–Crippen MR) is 88.7 cm³/mol. The van der Waals surface area contributed by atoms with Crippen molar-refractivity contribution in [2.45, 2.75) is 64.9 Å². The van der Waals surface area contributed by atoms with Crippen molar-refractivity contribution in [3.63, 3.8) is 0 Å². The number of aliphatic hydroxyl groups excluding tert-OH is 2. The van der Waals surface area contributed by atoms with Crippen LogP contribution in [0.4, 0.5) is 0 Å². The van der Waals surface area contributed by atoms with Crippen molar-refractivity contribution >= 4 is 5.78 Å². The first-order valence-corrected chi connectivity index (χ1v) is 9.27. The maximum atomic E-state index is 13.3. The van der Waals surface area contributed by atoms with E-state index in [9.17, 15) is 15.0 Å². The molecule has 7 atom stereocenters. The number of hydrogen-bond donors (Lipinski definition) is 2. The normalized spacial score (nSPS) is 55.5. The molecule has 4 fully saturated rings. The second-order valence-corrected chi connectivity index (χ2v) is 9.52. The van der Waals surface area contributed by atoms with Gasteiger partial charge >= 0.3 is 0 Å². The summed E-state index contributed by atoms with van der Waals surface area (Å²) >= 11 is 0. The SMILES string of the molecule is C=C1C[C@]23C[C@H]1C[C@@H](O)[C@H]2[C@]1(C)CCC[C@](C)(CO)[C@H]1CC3=O. The maximum Gasteiger partial charge on any atom is 0.140 e. The lowest BCUT2D eigenvalue weighted by Crippen LogP contribution is -2.64. The zero-order valence-electron chi connectivity index (χ0n) is 14.5. The highest BCUT2D eigenvalue weighted by Crippen LogP contribution is 2.70. The molecular weight excluding hydrogens is 288 g/mol. The number of carbonyl (C=O) groups excluding carboxylic acids is 1. The van der Waals surface area contributed by atoms with Crippen LogP contribution in [0.15, 0.2) is 12.2 Å². The highest BCUT2D eigenvalue weighted by molar-refractivity contribution is 5.88. The summed E-state index contributed by atoms with van der Waals surface area (Å²) in [7, 11) is 0. The Balaban J connectivity index is 1.84. The molecule has 2 bridgehead atoms. The number of rotatable bonds is 1. The van der Waals surface area contributed by atoms with E-state index in [-0.39, 0.29) is 34.7 Å². The molecule has 4 saturated carbocycles. The molecule has 0 heterocycles. The van der Waals surface area contributed by atoms with E-state index in [4.69, 9.17) is 0 Å². The summed E-state index contributed by atoms with van der Waals surface area (Å²) in [4.78, 5) is 13.3. The lowest BCUT2D eigenvalue weighted by atomic mass is 9.40. The van der Waals surface area contributed by atoms with Gasteiger partial charge in [-0.3, -0.25) is 4.79 Å². The van der Waals surface area contributed by atoms with E-state index in [0.717, 1.165) is 38.5 Å². The van der Waals surface area contributed by atoms with Gasteiger partial charge in [-0.25, -0.2) is 0 Å². The van der Waals surface area contributed by atoms with E-state index in [1.807, 2.05) is 0 Å². The van der Waals surface area contributed by atoms with Crippen LogP contribution in [0.1, 0.15) is 58.8 Å². The maximum absolute atomic E-state index is 13.3. The van der Waals surface area contributed by atoms with Gasteiger partial charge in [-0.15, -0.1) is 0 Å². The van der Waals surface area contributed by atoms with Gasteiger partial charge in [0, 0.05) is 24.4 Å². The molecule has 0 amide bonds. The van der Waals surface area contributed by atoms with E-state index < -0.39 is 6.10 Å². The average molecular weight is 318 g/mol. The topological polar surface area (TPSA) is 57.5 Å². The molecule has 3 heteroatoms.